The first-order valence-electron chi connectivity index (χ1n) is 12.8. The molecule has 5 heteroatoms. The number of carbonyl (C=O) groups is 1. The minimum absolute atomic E-state index is 0.197. The van der Waals surface area contributed by atoms with E-state index >= 15 is 0 Å². The van der Waals surface area contributed by atoms with Crippen LogP contribution in [0, 0.1) is 0 Å². The summed E-state index contributed by atoms with van der Waals surface area (Å²) < 4.78 is 12.9. The molecule has 1 aromatic heterocycles. The van der Waals surface area contributed by atoms with Crippen LogP contribution in [0.4, 0.5) is 0 Å². The number of nitrogens with one attached hydrogen (secondary N) is 1. The van der Waals surface area contributed by atoms with Crippen molar-refractivity contribution < 1.29 is 14.3 Å². The molecule has 0 saturated carbocycles. The largest absolute Gasteiger partial charge is 0.489 e. The molecule has 0 saturated heterocycles. The van der Waals surface area contributed by atoms with Crippen molar-refractivity contribution in [2.24, 2.45) is 0 Å². The van der Waals surface area contributed by atoms with Crippen molar-refractivity contribution in [3.63, 3.8) is 0 Å². The zero-order valence-electron chi connectivity index (χ0n) is 20.7. The first-order valence-corrected chi connectivity index (χ1v) is 12.8. The number of benzene rings is 3. The molecule has 1 aliphatic rings. The van der Waals surface area contributed by atoms with Gasteiger partial charge in [0.15, 0.2) is 5.78 Å². The fourth-order valence-electron chi connectivity index (χ4n) is 4.88. The Bertz CT molecular complexity index is 1280. The number of Topliss-reactive ketones (excluding diaryl/α,β-unsaturated/α-hetero) is 1. The summed E-state index contributed by atoms with van der Waals surface area (Å²) >= 11 is 0. The molecule has 5 nitrogen and oxygen atoms in total. The summed E-state index contributed by atoms with van der Waals surface area (Å²) in [5, 5.41) is 0. The van der Waals surface area contributed by atoms with E-state index in [0.29, 0.717) is 19.4 Å². The molecule has 0 bridgehead atoms. The molecule has 0 fully saturated rings. The molecular weight excluding hydrogens is 448 g/mol. The van der Waals surface area contributed by atoms with Crippen molar-refractivity contribution in [2.45, 2.75) is 58.2 Å². The summed E-state index contributed by atoms with van der Waals surface area (Å²) in [6.07, 6.45) is 8.42. The van der Waals surface area contributed by atoms with E-state index in [-0.39, 0.29) is 11.9 Å². The Labute approximate surface area is 212 Å². The van der Waals surface area contributed by atoms with E-state index in [0.717, 1.165) is 65.3 Å². The fraction of sp³-hybridized carbons (Fsp3) is 0.290. The van der Waals surface area contributed by atoms with Gasteiger partial charge in [0.2, 0.25) is 0 Å². The van der Waals surface area contributed by atoms with Crippen LogP contribution in [0.25, 0.3) is 0 Å². The molecule has 184 valence electrons. The minimum atomic E-state index is -0.234. The van der Waals surface area contributed by atoms with Crippen LogP contribution in [0.1, 0.15) is 70.7 Å². The number of ether oxygens (including phenoxy) is 2. The number of nitrogens with zero attached hydrogens (tertiary/aromatic N) is 1. The number of imidazole rings is 1. The number of rotatable bonds is 10. The molecule has 1 N–H and O–H groups in total. The number of ketones is 1. The maximum atomic E-state index is 12.7. The lowest BCUT2D eigenvalue weighted by Crippen LogP contribution is -2.18. The van der Waals surface area contributed by atoms with Crippen LogP contribution in [0.2, 0.25) is 0 Å². The molecule has 0 aliphatic heterocycles. The van der Waals surface area contributed by atoms with E-state index in [9.17, 15) is 4.79 Å². The maximum absolute atomic E-state index is 12.7. The molecule has 0 amide bonds. The Kier molecular flexibility index (Phi) is 7.46. The molecule has 5 rings (SSSR count). The number of aromatic amines is 1. The standard InChI is InChI=1S/C31H32N2O3/c1-2-7-22-12-14-24(15-13-22)35-21-27-25-10-6-11-28(34)26(25)16-17-29(27)36-30(20-31-32-18-19-33-31)23-8-4-3-5-9-23/h3-5,8-9,12-19,30H,2,6-7,10-11,20-21H2,1H3,(H,32,33)/t30-/m0/s1. The van der Waals surface area contributed by atoms with Crippen molar-refractivity contribution in [3.05, 3.63) is 113 Å². The molecule has 3 aromatic carbocycles. The second-order valence-electron chi connectivity index (χ2n) is 9.28. The van der Waals surface area contributed by atoms with Crippen molar-refractivity contribution >= 4 is 5.78 Å². The predicted molar refractivity (Wildman–Crippen MR) is 141 cm³/mol. The van der Waals surface area contributed by atoms with Crippen LogP contribution in [0.3, 0.4) is 0 Å². The highest BCUT2D eigenvalue weighted by Gasteiger charge is 2.25. The maximum Gasteiger partial charge on any atom is 0.163 e. The fourth-order valence-corrected chi connectivity index (χ4v) is 4.88. The molecular formula is C31H32N2O3. The van der Waals surface area contributed by atoms with E-state index in [2.05, 4.69) is 41.2 Å². The molecule has 4 aromatic rings. The van der Waals surface area contributed by atoms with Gasteiger partial charge in [0, 0.05) is 36.4 Å². The van der Waals surface area contributed by atoms with Gasteiger partial charge in [0.25, 0.3) is 0 Å². The number of hydrogen-bond donors (Lipinski definition) is 1. The van der Waals surface area contributed by atoms with Gasteiger partial charge >= 0.3 is 0 Å². The SMILES string of the molecule is CCCc1ccc(OCc2c(O[C@@H](Cc3ncc[nH]3)c3ccccc3)ccc3c2CCCC3=O)cc1. The van der Waals surface area contributed by atoms with Gasteiger partial charge in [-0.15, -0.1) is 0 Å². The zero-order valence-corrected chi connectivity index (χ0v) is 20.7. The third-order valence-corrected chi connectivity index (χ3v) is 6.74. The molecule has 1 atom stereocenters. The molecule has 36 heavy (non-hydrogen) atoms. The van der Waals surface area contributed by atoms with Crippen molar-refractivity contribution in [1.29, 1.82) is 0 Å². The van der Waals surface area contributed by atoms with E-state index < -0.39 is 0 Å². The van der Waals surface area contributed by atoms with Crippen molar-refractivity contribution in [3.8, 4) is 11.5 Å². The lowest BCUT2D eigenvalue weighted by molar-refractivity contribution is 0.0971. The van der Waals surface area contributed by atoms with Crippen LogP contribution in [-0.4, -0.2) is 15.8 Å². The van der Waals surface area contributed by atoms with Gasteiger partial charge in [-0.2, -0.15) is 0 Å². The Hall–Kier alpha value is -3.86. The third-order valence-electron chi connectivity index (χ3n) is 6.74. The molecule has 1 heterocycles. The number of H-pyrrole nitrogens is 1. The summed E-state index contributed by atoms with van der Waals surface area (Å²) in [5.74, 6) is 2.63. The highest BCUT2D eigenvalue weighted by molar-refractivity contribution is 5.99. The highest BCUT2D eigenvalue weighted by atomic mass is 16.5. The number of carbonyl (C=O) groups excluding carboxylic acids is 1. The average molecular weight is 481 g/mol. The van der Waals surface area contributed by atoms with Crippen LogP contribution in [0.15, 0.2) is 79.1 Å². The molecule has 1 aliphatic carbocycles. The van der Waals surface area contributed by atoms with E-state index in [1.807, 2.05) is 48.7 Å². The van der Waals surface area contributed by atoms with Crippen LogP contribution >= 0.6 is 0 Å². The number of aryl methyl sites for hydroxylation is 1. The number of aromatic nitrogens is 2. The summed E-state index contributed by atoms with van der Waals surface area (Å²) in [7, 11) is 0. The highest BCUT2D eigenvalue weighted by Crippen LogP contribution is 2.35. The quantitative estimate of drug-likeness (QED) is 0.270. The topological polar surface area (TPSA) is 64.2 Å². The number of hydrogen-bond acceptors (Lipinski definition) is 4. The first kappa shape index (κ1) is 23.9. The van der Waals surface area contributed by atoms with E-state index in [1.54, 1.807) is 6.20 Å². The van der Waals surface area contributed by atoms with Crippen molar-refractivity contribution in [2.75, 3.05) is 0 Å². The van der Waals surface area contributed by atoms with Gasteiger partial charge in [-0.25, -0.2) is 4.98 Å². The lowest BCUT2D eigenvalue weighted by atomic mass is 9.87. The Balaban J connectivity index is 1.46. The van der Waals surface area contributed by atoms with Gasteiger partial charge < -0.3 is 14.5 Å². The summed E-state index contributed by atoms with van der Waals surface area (Å²) in [4.78, 5) is 20.3. The second-order valence-corrected chi connectivity index (χ2v) is 9.28. The van der Waals surface area contributed by atoms with E-state index in [4.69, 9.17) is 9.47 Å². The van der Waals surface area contributed by atoms with Gasteiger partial charge in [0.1, 0.15) is 30.0 Å². The second kappa shape index (κ2) is 11.3. The smallest absolute Gasteiger partial charge is 0.163 e. The molecule has 0 unspecified atom stereocenters. The summed E-state index contributed by atoms with van der Waals surface area (Å²) in [6, 6.07) is 22.3. The lowest BCUT2D eigenvalue weighted by Gasteiger charge is -2.25. The summed E-state index contributed by atoms with van der Waals surface area (Å²) in [6.45, 7) is 2.53. The van der Waals surface area contributed by atoms with Gasteiger partial charge in [0.05, 0.1) is 0 Å². The molecule has 0 spiro atoms. The third kappa shape index (κ3) is 5.51. The predicted octanol–water partition coefficient (Wildman–Crippen LogP) is 6.82. The minimum Gasteiger partial charge on any atom is -0.489 e. The number of fused-ring (bicyclic) bond motifs is 1. The molecule has 0 radical (unpaired) electrons. The summed E-state index contributed by atoms with van der Waals surface area (Å²) in [5.41, 5.74) is 5.18. The van der Waals surface area contributed by atoms with Gasteiger partial charge in [-0.05, 0) is 60.2 Å². The average Bonchev–Trinajstić information content (AvgIpc) is 3.42. The normalized spacial score (nSPS) is 13.8. The Morgan fingerprint density at radius 2 is 1.83 bits per heavy atom. The Morgan fingerprint density at radius 1 is 1.00 bits per heavy atom. The first-order chi connectivity index (χ1) is 17.7. The van der Waals surface area contributed by atoms with Crippen LogP contribution in [-0.2, 0) is 25.9 Å². The van der Waals surface area contributed by atoms with E-state index in [1.165, 1.54) is 5.56 Å². The van der Waals surface area contributed by atoms with Gasteiger partial charge in [-0.1, -0.05) is 55.8 Å². The Morgan fingerprint density at radius 3 is 2.58 bits per heavy atom. The zero-order chi connectivity index (χ0) is 24.7. The van der Waals surface area contributed by atoms with Crippen molar-refractivity contribution in [1.82, 2.24) is 9.97 Å². The van der Waals surface area contributed by atoms with Crippen LogP contribution < -0.4 is 9.47 Å². The van der Waals surface area contributed by atoms with Crippen LogP contribution in [0.5, 0.6) is 11.5 Å². The van der Waals surface area contributed by atoms with Gasteiger partial charge in [-0.3, -0.25) is 4.79 Å². The monoisotopic (exact) mass is 480 g/mol.